The van der Waals surface area contributed by atoms with Gasteiger partial charge in [0.15, 0.2) is 0 Å². The molecule has 0 heterocycles. The topological polar surface area (TPSA) is 0 Å². The highest BCUT2D eigenvalue weighted by molar-refractivity contribution is 4.75. The Bertz CT molecular complexity index is 62.1. The number of rotatable bonds is 0. The molecule has 0 unspecified atom stereocenters. The molecule has 1 aliphatic rings. The van der Waals surface area contributed by atoms with E-state index >= 15 is 0 Å². The molecule has 0 heteroatoms. The van der Waals surface area contributed by atoms with Crippen molar-refractivity contribution < 1.29 is 0 Å². The maximum Gasteiger partial charge on any atom is -0.0279 e. The predicted molar refractivity (Wildman–Crippen MR) is 35.5 cm³/mol. The fourth-order valence-corrected chi connectivity index (χ4v) is 1.03. The van der Waals surface area contributed by atoms with Gasteiger partial charge in [-0.25, -0.2) is 0 Å². The summed E-state index contributed by atoms with van der Waals surface area (Å²) in [5, 5.41) is 0. The van der Waals surface area contributed by atoms with Gasteiger partial charge < -0.3 is 0 Å². The summed E-state index contributed by atoms with van der Waals surface area (Å²) in [6.07, 6.45) is 13.5. The van der Waals surface area contributed by atoms with Crippen LogP contribution in [0.3, 0.4) is 0 Å². The van der Waals surface area contributed by atoms with E-state index in [1.165, 1.54) is 38.5 Å². The number of hydrogen-bond donors (Lipinski definition) is 0. The zero-order chi connectivity index (χ0) is 5.66. The molecule has 0 saturated heterocycles. The first kappa shape index (κ1) is 5.87. The Morgan fingerprint density at radius 3 is 2.88 bits per heavy atom. The molecule has 0 spiro atoms. The molecule has 0 aromatic rings. The molecular formula is C8H13. The van der Waals surface area contributed by atoms with Crippen molar-refractivity contribution in [2.45, 2.75) is 38.5 Å². The minimum atomic E-state index is 1.19. The van der Waals surface area contributed by atoms with E-state index in [2.05, 4.69) is 12.2 Å². The lowest BCUT2D eigenvalue weighted by Gasteiger charge is -1.99. The molecule has 0 saturated carbocycles. The van der Waals surface area contributed by atoms with Crippen LogP contribution in [0.5, 0.6) is 0 Å². The Morgan fingerprint density at radius 1 is 1.00 bits per heavy atom. The molecule has 0 aliphatic heterocycles. The van der Waals surface area contributed by atoms with Crippen LogP contribution in [-0.2, 0) is 0 Å². The Morgan fingerprint density at radius 2 is 1.88 bits per heavy atom. The van der Waals surface area contributed by atoms with Gasteiger partial charge >= 0.3 is 0 Å². The summed E-state index contributed by atoms with van der Waals surface area (Å²) in [4.78, 5) is 0. The Hall–Kier alpha value is -0.260. The second kappa shape index (κ2) is 3.71. The molecule has 45 valence electrons. The van der Waals surface area contributed by atoms with Crippen LogP contribution < -0.4 is 0 Å². The molecule has 0 nitrogen and oxygen atoms in total. The van der Waals surface area contributed by atoms with Crippen LogP contribution in [0.25, 0.3) is 0 Å². The minimum Gasteiger partial charge on any atom is -0.0811 e. The van der Waals surface area contributed by atoms with E-state index in [1.54, 1.807) is 0 Å². The largest absolute Gasteiger partial charge is 0.0811 e. The maximum atomic E-state index is 3.26. The Balaban J connectivity index is 2.17. The lowest BCUT2D eigenvalue weighted by Crippen LogP contribution is -1.80. The third-order valence-electron chi connectivity index (χ3n) is 1.56. The average Bonchev–Trinajstić information content (AvgIpc) is 1.62. The van der Waals surface area contributed by atoms with Crippen LogP contribution >= 0.6 is 0 Å². The van der Waals surface area contributed by atoms with Crippen molar-refractivity contribution in [3.05, 3.63) is 12.2 Å². The van der Waals surface area contributed by atoms with Gasteiger partial charge in [0.05, 0.1) is 0 Å². The lowest BCUT2D eigenvalue weighted by molar-refractivity contribution is 0.632. The molecule has 0 bridgehead atoms. The standard InChI is InChI=1S/C8H13/c1-2-4-6-8-7-5-3-1/h1H,2,4-8H2. The van der Waals surface area contributed by atoms with Gasteiger partial charge in [0.1, 0.15) is 0 Å². The van der Waals surface area contributed by atoms with Gasteiger partial charge in [0, 0.05) is 0 Å². The molecule has 8 heavy (non-hydrogen) atoms. The quantitative estimate of drug-likeness (QED) is 0.448. The second-order valence-corrected chi connectivity index (χ2v) is 2.36. The van der Waals surface area contributed by atoms with Crippen molar-refractivity contribution in [2.24, 2.45) is 0 Å². The van der Waals surface area contributed by atoms with Gasteiger partial charge in [-0.15, -0.1) is 0 Å². The third-order valence-corrected chi connectivity index (χ3v) is 1.56. The zero-order valence-corrected chi connectivity index (χ0v) is 5.32. The molecule has 0 amide bonds. The molecule has 0 fully saturated rings. The summed E-state index contributed by atoms with van der Waals surface area (Å²) in [5.41, 5.74) is 0. The van der Waals surface area contributed by atoms with Gasteiger partial charge in [-0.1, -0.05) is 18.9 Å². The van der Waals surface area contributed by atoms with Crippen LogP contribution in [0.4, 0.5) is 0 Å². The first-order valence-corrected chi connectivity index (χ1v) is 3.55. The summed E-state index contributed by atoms with van der Waals surface area (Å²) in [6.45, 7) is 0. The maximum absolute atomic E-state index is 3.26. The van der Waals surface area contributed by atoms with Crippen molar-refractivity contribution in [2.75, 3.05) is 0 Å². The number of hydrogen-bond acceptors (Lipinski definition) is 0. The predicted octanol–water partition coefficient (Wildman–Crippen LogP) is 2.70. The molecule has 1 radical (unpaired) electrons. The normalized spacial score (nSPS) is 26.0. The molecule has 0 aromatic carbocycles. The summed E-state index contributed by atoms with van der Waals surface area (Å²) >= 11 is 0. The van der Waals surface area contributed by atoms with Gasteiger partial charge in [0.2, 0.25) is 0 Å². The summed E-state index contributed by atoms with van der Waals surface area (Å²) in [5.74, 6) is 0. The van der Waals surface area contributed by atoms with E-state index in [-0.39, 0.29) is 0 Å². The second-order valence-electron chi connectivity index (χ2n) is 2.36. The van der Waals surface area contributed by atoms with Gasteiger partial charge in [-0.05, 0) is 31.8 Å². The van der Waals surface area contributed by atoms with Gasteiger partial charge in [-0.3, -0.25) is 0 Å². The monoisotopic (exact) mass is 109 g/mol. The smallest absolute Gasteiger partial charge is 0.0279 e. The highest BCUT2D eigenvalue weighted by atomic mass is 14.0. The van der Waals surface area contributed by atoms with E-state index in [9.17, 15) is 0 Å². The van der Waals surface area contributed by atoms with E-state index in [4.69, 9.17) is 0 Å². The SMILES string of the molecule is [C]1=C/CCCCCC/1. The molecule has 0 N–H and O–H groups in total. The van der Waals surface area contributed by atoms with Crippen LogP contribution in [0.1, 0.15) is 38.5 Å². The summed E-state index contributed by atoms with van der Waals surface area (Å²) in [6, 6.07) is 0. The van der Waals surface area contributed by atoms with Crippen molar-refractivity contribution in [3.8, 4) is 0 Å². The van der Waals surface area contributed by atoms with Crippen LogP contribution in [0, 0.1) is 6.08 Å². The van der Waals surface area contributed by atoms with Crippen molar-refractivity contribution in [3.63, 3.8) is 0 Å². The first-order chi connectivity index (χ1) is 4.00. The van der Waals surface area contributed by atoms with Crippen LogP contribution in [0.15, 0.2) is 6.08 Å². The minimum absolute atomic E-state index is 1.19. The van der Waals surface area contributed by atoms with E-state index in [0.717, 1.165) is 0 Å². The Kier molecular flexibility index (Phi) is 2.72. The molecule has 1 aliphatic carbocycles. The van der Waals surface area contributed by atoms with Crippen molar-refractivity contribution >= 4 is 0 Å². The average molecular weight is 109 g/mol. The number of allylic oxidation sites excluding steroid dienone is 2. The van der Waals surface area contributed by atoms with Crippen molar-refractivity contribution in [1.82, 2.24) is 0 Å². The van der Waals surface area contributed by atoms with Gasteiger partial charge in [0.25, 0.3) is 0 Å². The molecule has 0 atom stereocenters. The summed E-state index contributed by atoms with van der Waals surface area (Å²) < 4.78 is 0. The summed E-state index contributed by atoms with van der Waals surface area (Å²) in [7, 11) is 0. The lowest BCUT2D eigenvalue weighted by atomic mass is 10.1. The fourth-order valence-electron chi connectivity index (χ4n) is 1.03. The van der Waals surface area contributed by atoms with E-state index in [1.807, 2.05) is 0 Å². The van der Waals surface area contributed by atoms with Gasteiger partial charge in [-0.2, -0.15) is 0 Å². The molecule has 0 aromatic heterocycles. The molecular weight excluding hydrogens is 96.1 g/mol. The zero-order valence-electron chi connectivity index (χ0n) is 5.32. The Labute approximate surface area is 51.6 Å². The van der Waals surface area contributed by atoms with E-state index in [0.29, 0.717) is 0 Å². The third kappa shape index (κ3) is 2.15. The first-order valence-electron chi connectivity index (χ1n) is 3.55. The van der Waals surface area contributed by atoms with Crippen LogP contribution in [-0.4, -0.2) is 0 Å². The highest BCUT2D eigenvalue weighted by Crippen LogP contribution is 2.09. The fraction of sp³-hybridized carbons (Fsp3) is 0.750. The van der Waals surface area contributed by atoms with E-state index < -0.39 is 0 Å². The highest BCUT2D eigenvalue weighted by Gasteiger charge is 1.90. The molecule has 1 rings (SSSR count). The van der Waals surface area contributed by atoms with Crippen molar-refractivity contribution in [1.29, 1.82) is 0 Å². The van der Waals surface area contributed by atoms with Crippen LogP contribution in [0.2, 0.25) is 0 Å².